The van der Waals surface area contributed by atoms with Crippen molar-refractivity contribution in [2.45, 2.75) is 12.8 Å². The molecule has 1 N–H and O–H groups in total. The van der Waals surface area contributed by atoms with Crippen molar-refractivity contribution < 1.29 is 0 Å². The molecule has 0 amide bonds. The van der Waals surface area contributed by atoms with Gasteiger partial charge in [-0.2, -0.15) is 0 Å². The lowest BCUT2D eigenvalue weighted by molar-refractivity contribution is 0.171. The van der Waals surface area contributed by atoms with Crippen LogP contribution in [0.2, 0.25) is 0 Å². The van der Waals surface area contributed by atoms with Crippen LogP contribution in [0.25, 0.3) is 0 Å². The Hall–Kier alpha value is 0.230. The molecule has 15 heavy (non-hydrogen) atoms. The smallest absolute Gasteiger partial charge is 0.0107 e. The summed E-state index contributed by atoms with van der Waals surface area (Å²) in [5.74, 6) is 0.950. The fraction of sp³-hybridized carbons (Fsp3) is 1.00. The van der Waals surface area contributed by atoms with Gasteiger partial charge in [-0.15, -0.1) is 0 Å². The van der Waals surface area contributed by atoms with Crippen LogP contribution in [0, 0.1) is 5.92 Å². The Balaban J connectivity index is 1.67. The summed E-state index contributed by atoms with van der Waals surface area (Å²) in [5.41, 5.74) is 0. The van der Waals surface area contributed by atoms with Crippen molar-refractivity contribution in [3.05, 3.63) is 0 Å². The van der Waals surface area contributed by atoms with Gasteiger partial charge in [0.05, 0.1) is 0 Å². The first-order valence-electron chi connectivity index (χ1n) is 6.10. The van der Waals surface area contributed by atoms with Crippen molar-refractivity contribution >= 4 is 11.9 Å². The van der Waals surface area contributed by atoms with Gasteiger partial charge in [-0.3, -0.25) is 4.31 Å². The highest BCUT2D eigenvalue weighted by atomic mass is 32.2. The normalized spacial score (nSPS) is 27.0. The molecule has 0 aromatic heterocycles. The monoisotopic (exact) mass is 229 g/mol. The maximum Gasteiger partial charge on any atom is 0.0107 e. The minimum absolute atomic E-state index is 0.950. The van der Waals surface area contributed by atoms with Crippen LogP contribution in [0.4, 0.5) is 0 Å². The lowest BCUT2D eigenvalue weighted by atomic mass is 9.97. The summed E-state index contributed by atoms with van der Waals surface area (Å²) in [5, 5.41) is 3.41. The third-order valence-electron chi connectivity index (χ3n) is 3.56. The molecule has 0 spiro atoms. The molecule has 0 bridgehead atoms. The molecule has 2 saturated heterocycles. The van der Waals surface area contributed by atoms with Crippen molar-refractivity contribution in [3.63, 3.8) is 0 Å². The first kappa shape index (κ1) is 11.7. The SMILES string of the molecule is CSN1CCC(CN2CCNCC2)CC1. The molecule has 3 nitrogen and oxygen atoms in total. The van der Waals surface area contributed by atoms with Crippen molar-refractivity contribution in [3.8, 4) is 0 Å². The van der Waals surface area contributed by atoms with E-state index in [0.717, 1.165) is 5.92 Å². The molecule has 0 aliphatic carbocycles. The summed E-state index contributed by atoms with van der Waals surface area (Å²) in [6, 6.07) is 0. The van der Waals surface area contributed by atoms with Crippen molar-refractivity contribution in [2.24, 2.45) is 5.92 Å². The van der Waals surface area contributed by atoms with E-state index in [1.54, 1.807) is 0 Å². The molecular formula is C11H23N3S. The number of nitrogens with zero attached hydrogens (tertiary/aromatic N) is 2. The molecule has 4 heteroatoms. The number of piperazine rings is 1. The minimum Gasteiger partial charge on any atom is -0.314 e. The summed E-state index contributed by atoms with van der Waals surface area (Å²) < 4.78 is 2.49. The fourth-order valence-electron chi connectivity index (χ4n) is 2.53. The molecule has 2 fully saturated rings. The van der Waals surface area contributed by atoms with Gasteiger partial charge in [-0.25, -0.2) is 0 Å². The number of hydrogen-bond acceptors (Lipinski definition) is 4. The molecule has 2 aliphatic heterocycles. The Morgan fingerprint density at radius 2 is 1.80 bits per heavy atom. The van der Waals surface area contributed by atoms with E-state index in [2.05, 4.69) is 20.8 Å². The molecule has 2 aliphatic rings. The summed E-state index contributed by atoms with van der Waals surface area (Å²) in [6.45, 7) is 8.79. The molecule has 0 atom stereocenters. The van der Waals surface area contributed by atoms with Gasteiger partial charge in [0.25, 0.3) is 0 Å². The lowest BCUT2D eigenvalue weighted by Gasteiger charge is -2.35. The quantitative estimate of drug-likeness (QED) is 0.724. The molecule has 0 aromatic rings. The van der Waals surface area contributed by atoms with Crippen LogP contribution < -0.4 is 5.32 Å². The van der Waals surface area contributed by atoms with Gasteiger partial charge in [0, 0.05) is 45.8 Å². The molecule has 0 radical (unpaired) electrons. The first-order chi connectivity index (χ1) is 7.38. The molecular weight excluding hydrogens is 206 g/mol. The van der Waals surface area contributed by atoms with Crippen molar-refractivity contribution in [2.75, 3.05) is 52.1 Å². The van der Waals surface area contributed by atoms with E-state index in [9.17, 15) is 0 Å². The fourth-order valence-corrected chi connectivity index (χ4v) is 3.11. The lowest BCUT2D eigenvalue weighted by Crippen LogP contribution is -2.46. The van der Waals surface area contributed by atoms with Crippen LogP contribution in [-0.2, 0) is 0 Å². The maximum atomic E-state index is 3.41. The first-order valence-corrected chi connectivity index (χ1v) is 7.29. The van der Waals surface area contributed by atoms with Gasteiger partial charge in [-0.1, -0.05) is 11.9 Å². The van der Waals surface area contributed by atoms with Gasteiger partial charge in [0.1, 0.15) is 0 Å². The molecule has 0 aromatic carbocycles. The summed E-state index contributed by atoms with van der Waals surface area (Å²) >= 11 is 1.90. The highest BCUT2D eigenvalue weighted by molar-refractivity contribution is 7.96. The Bertz CT molecular complexity index is 175. The van der Waals surface area contributed by atoms with E-state index in [4.69, 9.17) is 0 Å². The second-order valence-corrected chi connectivity index (χ2v) is 5.49. The van der Waals surface area contributed by atoms with Crippen LogP contribution in [0.3, 0.4) is 0 Å². The minimum atomic E-state index is 0.950. The van der Waals surface area contributed by atoms with E-state index in [0.29, 0.717) is 0 Å². The van der Waals surface area contributed by atoms with Crippen LogP contribution in [0.15, 0.2) is 0 Å². The summed E-state index contributed by atoms with van der Waals surface area (Å²) in [6.07, 6.45) is 4.98. The van der Waals surface area contributed by atoms with Gasteiger partial charge in [0.15, 0.2) is 0 Å². The Morgan fingerprint density at radius 3 is 2.40 bits per heavy atom. The van der Waals surface area contributed by atoms with Crippen LogP contribution in [0.1, 0.15) is 12.8 Å². The summed E-state index contributed by atoms with van der Waals surface area (Å²) in [7, 11) is 0. The zero-order valence-electron chi connectivity index (χ0n) is 9.74. The van der Waals surface area contributed by atoms with E-state index in [-0.39, 0.29) is 0 Å². The highest BCUT2D eigenvalue weighted by Gasteiger charge is 2.21. The molecule has 2 rings (SSSR count). The van der Waals surface area contributed by atoms with E-state index in [1.807, 2.05) is 11.9 Å². The van der Waals surface area contributed by atoms with Crippen LogP contribution >= 0.6 is 11.9 Å². The van der Waals surface area contributed by atoms with Crippen LogP contribution in [-0.4, -0.2) is 61.3 Å². The average molecular weight is 229 g/mol. The van der Waals surface area contributed by atoms with E-state index < -0.39 is 0 Å². The predicted octanol–water partition coefficient (Wildman–Crippen LogP) is 0.882. The third kappa shape index (κ3) is 3.63. The molecule has 2 heterocycles. The van der Waals surface area contributed by atoms with E-state index in [1.165, 1.54) is 58.7 Å². The largest absolute Gasteiger partial charge is 0.314 e. The van der Waals surface area contributed by atoms with Gasteiger partial charge in [-0.05, 0) is 25.0 Å². The van der Waals surface area contributed by atoms with Crippen molar-refractivity contribution in [1.29, 1.82) is 0 Å². The number of hydrogen-bond donors (Lipinski definition) is 1. The molecule has 0 saturated carbocycles. The molecule has 0 unspecified atom stereocenters. The predicted molar refractivity (Wildman–Crippen MR) is 67.1 cm³/mol. The zero-order valence-corrected chi connectivity index (χ0v) is 10.6. The van der Waals surface area contributed by atoms with Gasteiger partial charge in [0.2, 0.25) is 0 Å². The second-order valence-electron chi connectivity index (χ2n) is 4.61. The highest BCUT2D eigenvalue weighted by Crippen LogP contribution is 2.22. The third-order valence-corrected chi connectivity index (χ3v) is 4.44. The Morgan fingerprint density at radius 1 is 1.13 bits per heavy atom. The number of nitrogens with one attached hydrogen (secondary N) is 1. The average Bonchev–Trinajstić information content (AvgIpc) is 2.31. The van der Waals surface area contributed by atoms with Crippen LogP contribution in [0.5, 0.6) is 0 Å². The maximum absolute atomic E-state index is 3.41. The Kier molecular flexibility index (Phi) is 4.75. The van der Waals surface area contributed by atoms with Gasteiger partial charge < -0.3 is 10.2 Å². The topological polar surface area (TPSA) is 18.5 Å². The molecule has 88 valence electrons. The van der Waals surface area contributed by atoms with Gasteiger partial charge >= 0.3 is 0 Å². The number of rotatable bonds is 3. The summed E-state index contributed by atoms with van der Waals surface area (Å²) in [4.78, 5) is 2.63. The second kappa shape index (κ2) is 6.09. The van der Waals surface area contributed by atoms with E-state index >= 15 is 0 Å². The zero-order chi connectivity index (χ0) is 10.5. The Labute approximate surface area is 97.7 Å². The number of piperidine rings is 1. The van der Waals surface area contributed by atoms with Crippen molar-refractivity contribution in [1.82, 2.24) is 14.5 Å². The standard InChI is InChI=1S/C11H23N3S/c1-15-14-6-2-11(3-7-14)10-13-8-4-12-5-9-13/h11-12H,2-10H2,1H3.